The van der Waals surface area contributed by atoms with Crippen LogP contribution in [0.1, 0.15) is 25.8 Å². The number of amides is 1. The zero-order valence-corrected chi connectivity index (χ0v) is 12.6. The van der Waals surface area contributed by atoms with E-state index < -0.39 is 0 Å². The van der Waals surface area contributed by atoms with Crippen LogP contribution in [0.25, 0.3) is 6.08 Å². The van der Waals surface area contributed by atoms with Gasteiger partial charge >= 0.3 is 0 Å². The van der Waals surface area contributed by atoms with E-state index in [9.17, 15) is 4.79 Å². The lowest BCUT2D eigenvalue weighted by molar-refractivity contribution is -0.116. The largest absolute Gasteiger partial charge is 0.399 e. The fraction of sp³-hybridized carbons (Fsp3) is 0.438. The van der Waals surface area contributed by atoms with Gasteiger partial charge in [0.25, 0.3) is 0 Å². The standard InChI is InChI=1S/C16H25N3O/c1-4-13(2)19(3)11-10-18-16(20)9-8-14-6-5-7-15(17)12-14/h5-9,12-13H,4,10-11,17H2,1-3H3,(H,18,20)/b9-8+. The van der Waals surface area contributed by atoms with E-state index in [0.717, 1.165) is 18.5 Å². The van der Waals surface area contributed by atoms with E-state index in [0.29, 0.717) is 18.3 Å². The summed E-state index contributed by atoms with van der Waals surface area (Å²) >= 11 is 0. The molecule has 0 saturated heterocycles. The summed E-state index contributed by atoms with van der Waals surface area (Å²) in [6, 6.07) is 7.97. The smallest absolute Gasteiger partial charge is 0.244 e. The van der Waals surface area contributed by atoms with Gasteiger partial charge in [0.1, 0.15) is 0 Å². The Hall–Kier alpha value is -1.81. The minimum absolute atomic E-state index is 0.0787. The zero-order chi connectivity index (χ0) is 15.0. The molecule has 0 aliphatic rings. The molecule has 1 aromatic rings. The summed E-state index contributed by atoms with van der Waals surface area (Å²) in [5.74, 6) is -0.0787. The highest BCUT2D eigenvalue weighted by Crippen LogP contribution is 2.07. The van der Waals surface area contributed by atoms with Gasteiger partial charge in [0, 0.05) is 30.9 Å². The van der Waals surface area contributed by atoms with Crippen LogP contribution in [0.5, 0.6) is 0 Å². The molecule has 1 atom stereocenters. The second-order valence-corrected chi connectivity index (χ2v) is 5.03. The maximum atomic E-state index is 11.7. The Morgan fingerprint density at radius 1 is 1.50 bits per heavy atom. The lowest BCUT2D eigenvalue weighted by Crippen LogP contribution is -2.36. The predicted molar refractivity (Wildman–Crippen MR) is 85.3 cm³/mol. The fourth-order valence-electron chi connectivity index (χ4n) is 1.78. The number of nitrogens with two attached hydrogens (primary N) is 1. The maximum Gasteiger partial charge on any atom is 0.244 e. The summed E-state index contributed by atoms with van der Waals surface area (Å²) in [5.41, 5.74) is 7.30. The van der Waals surface area contributed by atoms with Gasteiger partial charge in [-0.25, -0.2) is 0 Å². The average molecular weight is 275 g/mol. The summed E-state index contributed by atoms with van der Waals surface area (Å²) < 4.78 is 0. The van der Waals surface area contributed by atoms with Crippen molar-refractivity contribution in [3.63, 3.8) is 0 Å². The van der Waals surface area contributed by atoms with Crippen molar-refractivity contribution in [2.24, 2.45) is 0 Å². The molecule has 0 fully saturated rings. The first-order valence-electron chi connectivity index (χ1n) is 7.04. The molecule has 1 unspecified atom stereocenters. The van der Waals surface area contributed by atoms with Gasteiger partial charge in [-0.05, 0) is 44.2 Å². The van der Waals surface area contributed by atoms with Crippen molar-refractivity contribution in [1.29, 1.82) is 0 Å². The maximum absolute atomic E-state index is 11.7. The van der Waals surface area contributed by atoms with Crippen LogP contribution in [-0.2, 0) is 4.79 Å². The van der Waals surface area contributed by atoms with Crippen molar-refractivity contribution < 1.29 is 4.79 Å². The van der Waals surface area contributed by atoms with E-state index in [1.165, 1.54) is 6.08 Å². The Kier molecular flexibility index (Phi) is 6.81. The third-order valence-corrected chi connectivity index (χ3v) is 3.44. The Balaban J connectivity index is 2.33. The summed E-state index contributed by atoms with van der Waals surface area (Å²) in [6.45, 7) is 5.85. The third-order valence-electron chi connectivity index (χ3n) is 3.44. The van der Waals surface area contributed by atoms with E-state index >= 15 is 0 Å². The van der Waals surface area contributed by atoms with Gasteiger partial charge < -0.3 is 16.0 Å². The molecule has 4 heteroatoms. The predicted octanol–water partition coefficient (Wildman–Crippen LogP) is 2.13. The Morgan fingerprint density at radius 3 is 2.90 bits per heavy atom. The third kappa shape index (κ3) is 5.89. The molecular formula is C16H25N3O. The van der Waals surface area contributed by atoms with E-state index in [1.807, 2.05) is 24.3 Å². The number of hydrogen-bond donors (Lipinski definition) is 2. The second-order valence-electron chi connectivity index (χ2n) is 5.03. The number of nitrogens with one attached hydrogen (secondary N) is 1. The highest BCUT2D eigenvalue weighted by molar-refractivity contribution is 5.91. The van der Waals surface area contributed by atoms with Crippen molar-refractivity contribution in [2.45, 2.75) is 26.3 Å². The molecule has 20 heavy (non-hydrogen) atoms. The molecule has 0 heterocycles. The van der Waals surface area contributed by atoms with Crippen LogP contribution in [0.4, 0.5) is 5.69 Å². The number of anilines is 1. The van der Waals surface area contributed by atoms with E-state index in [2.05, 4.69) is 31.1 Å². The Morgan fingerprint density at radius 2 is 2.25 bits per heavy atom. The quantitative estimate of drug-likeness (QED) is 0.592. The summed E-state index contributed by atoms with van der Waals surface area (Å²) in [5, 5.41) is 2.88. The lowest BCUT2D eigenvalue weighted by atomic mass is 10.2. The molecule has 0 aliphatic carbocycles. The highest BCUT2D eigenvalue weighted by Gasteiger charge is 2.05. The first-order valence-corrected chi connectivity index (χ1v) is 7.04. The molecule has 4 nitrogen and oxygen atoms in total. The topological polar surface area (TPSA) is 58.4 Å². The van der Waals surface area contributed by atoms with Gasteiger partial charge in [0.15, 0.2) is 0 Å². The van der Waals surface area contributed by atoms with Gasteiger partial charge in [0.2, 0.25) is 5.91 Å². The number of nitrogen functional groups attached to an aromatic ring is 1. The number of likely N-dealkylation sites (N-methyl/N-ethyl adjacent to an activating group) is 1. The average Bonchev–Trinajstić information content (AvgIpc) is 2.44. The number of hydrogen-bond acceptors (Lipinski definition) is 3. The molecule has 0 aromatic heterocycles. The van der Waals surface area contributed by atoms with Crippen LogP contribution >= 0.6 is 0 Å². The van der Waals surface area contributed by atoms with Crippen molar-refractivity contribution >= 4 is 17.7 Å². The Labute approximate surface area is 121 Å². The summed E-state index contributed by atoms with van der Waals surface area (Å²) in [6.07, 6.45) is 4.42. The number of rotatable bonds is 7. The van der Waals surface area contributed by atoms with Gasteiger partial charge in [-0.15, -0.1) is 0 Å². The molecule has 0 radical (unpaired) electrons. The van der Waals surface area contributed by atoms with Gasteiger partial charge in [0.05, 0.1) is 0 Å². The summed E-state index contributed by atoms with van der Waals surface area (Å²) in [7, 11) is 2.07. The molecule has 110 valence electrons. The van der Waals surface area contributed by atoms with Crippen LogP contribution in [0, 0.1) is 0 Å². The molecule has 1 amide bonds. The molecule has 0 aliphatic heterocycles. The van der Waals surface area contributed by atoms with Crippen LogP contribution in [0.15, 0.2) is 30.3 Å². The molecule has 1 rings (SSSR count). The Bertz CT molecular complexity index is 457. The summed E-state index contributed by atoms with van der Waals surface area (Å²) in [4.78, 5) is 13.9. The molecule has 0 bridgehead atoms. The van der Waals surface area contributed by atoms with E-state index in [-0.39, 0.29) is 5.91 Å². The van der Waals surface area contributed by atoms with Crippen LogP contribution in [-0.4, -0.2) is 37.0 Å². The normalized spacial score (nSPS) is 12.8. The van der Waals surface area contributed by atoms with Crippen molar-refractivity contribution in [2.75, 3.05) is 25.9 Å². The van der Waals surface area contributed by atoms with Crippen molar-refractivity contribution in [1.82, 2.24) is 10.2 Å². The number of nitrogens with zero attached hydrogens (tertiary/aromatic N) is 1. The van der Waals surface area contributed by atoms with Crippen molar-refractivity contribution in [3.8, 4) is 0 Å². The highest BCUT2D eigenvalue weighted by atomic mass is 16.1. The molecule has 3 N–H and O–H groups in total. The first kappa shape index (κ1) is 16.2. The molecule has 0 saturated carbocycles. The lowest BCUT2D eigenvalue weighted by Gasteiger charge is -2.23. The first-order chi connectivity index (χ1) is 9.52. The minimum atomic E-state index is -0.0787. The number of benzene rings is 1. The monoisotopic (exact) mass is 275 g/mol. The van der Waals surface area contributed by atoms with Gasteiger partial charge in [-0.3, -0.25) is 4.79 Å². The van der Waals surface area contributed by atoms with Crippen LogP contribution in [0.2, 0.25) is 0 Å². The number of carbonyl (C=O) groups excluding carboxylic acids is 1. The van der Waals surface area contributed by atoms with Gasteiger partial charge in [-0.2, -0.15) is 0 Å². The van der Waals surface area contributed by atoms with Gasteiger partial charge in [-0.1, -0.05) is 19.1 Å². The zero-order valence-electron chi connectivity index (χ0n) is 12.6. The van der Waals surface area contributed by atoms with Crippen LogP contribution < -0.4 is 11.1 Å². The van der Waals surface area contributed by atoms with E-state index in [1.54, 1.807) is 6.08 Å². The second kappa shape index (κ2) is 8.38. The van der Waals surface area contributed by atoms with Crippen LogP contribution in [0.3, 0.4) is 0 Å². The SMILES string of the molecule is CCC(C)N(C)CCNC(=O)/C=C/c1cccc(N)c1. The van der Waals surface area contributed by atoms with E-state index in [4.69, 9.17) is 5.73 Å². The fourth-order valence-corrected chi connectivity index (χ4v) is 1.78. The number of carbonyl (C=O) groups is 1. The molecular weight excluding hydrogens is 250 g/mol. The molecule has 1 aromatic carbocycles. The van der Waals surface area contributed by atoms with Crippen molar-refractivity contribution in [3.05, 3.63) is 35.9 Å². The minimum Gasteiger partial charge on any atom is -0.399 e. The molecule has 0 spiro atoms.